The van der Waals surface area contributed by atoms with Gasteiger partial charge in [-0.2, -0.15) is 0 Å². The zero-order chi connectivity index (χ0) is 15.5. The SMILES string of the molecule is Cc1cc(Br)c(NC(=O)C(CN)CC(C)(C)C)c(Br)c1. The molecule has 112 valence electrons. The molecule has 0 aliphatic carbocycles. The molecule has 20 heavy (non-hydrogen) atoms. The van der Waals surface area contributed by atoms with Gasteiger partial charge in [-0.15, -0.1) is 0 Å². The molecule has 0 bridgehead atoms. The number of aryl methyl sites for hydroxylation is 1. The summed E-state index contributed by atoms with van der Waals surface area (Å²) in [6.07, 6.45) is 0.760. The standard InChI is InChI=1S/C15H22Br2N2O/c1-9-5-11(16)13(12(17)6-9)19-14(20)10(8-18)7-15(2,3)4/h5-6,10H,7-8,18H2,1-4H3,(H,19,20). The second-order valence-electron chi connectivity index (χ2n) is 6.29. The summed E-state index contributed by atoms with van der Waals surface area (Å²) < 4.78 is 1.73. The number of hydrogen-bond acceptors (Lipinski definition) is 2. The van der Waals surface area contributed by atoms with Gasteiger partial charge in [0.05, 0.1) is 11.6 Å². The molecule has 0 fully saturated rings. The minimum atomic E-state index is -0.185. The average molecular weight is 406 g/mol. The number of nitrogens with one attached hydrogen (secondary N) is 1. The summed E-state index contributed by atoms with van der Waals surface area (Å²) in [5.74, 6) is -0.220. The number of carbonyl (C=O) groups excluding carboxylic acids is 1. The number of anilines is 1. The fourth-order valence-electron chi connectivity index (χ4n) is 2.07. The summed E-state index contributed by atoms with van der Waals surface area (Å²) in [4.78, 5) is 12.4. The summed E-state index contributed by atoms with van der Waals surface area (Å²) >= 11 is 6.97. The van der Waals surface area contributed by atoms with Gasteiger partial charge in [0.2, 0.25) is 5.91 Å². The molecule has 0 heterocycles. The summed E-state index contributed by atoms with van der Waals surface area (Å²) in [6.45, 7) is 8.69. The highest BCUT2D eigenvalue weighted by molar-refractivity contribution is 9.11. The summed E-state index contributed by atoms with van der Waals surface area (Å²) in [7, 11) is 0. The minimum Gasteiger partial charge on any atom is -0.330 e. The van der Waals surface area contributed by atoms with E-state index in [1.165, 1.54) is 0 Å². The number of hydrogen-bond donors (Lipinski definition) is 2. The predicted octanol–water partition coefficient (Wildman–Crippen LogP) is 4.47. The molecule has 1 unspecified atom stereocenters. The maximum absolute atomic E-state index is 12.4. The van der Waals surface area contributed by atoms with Gasteiger partial charge in [-0.05, 0) is 68.3 Å². The largest absolute Gasteiger partial charge is 0.330 e. The second-order valence-corrected chi connectivity index (χ2v) is 8.00. The van der Waals surface area contributed by atoms with Gasteiger partial charge >= 0.3 is 0 Å². The van der Waals surface area contributed by atoms with E-state index >= 15 is 0 Å². The molecule has 0 aliphatic heterocycles. The lowest BCUT2D eigenvalue weighted by molar-refractivity contribution is -0.120. The Morgan fingerprint density at radius 1 is 1.30 bits per heavy atom. The van der Waals surface area contributed by atoms with Crippen molar-refractivity contribution >= 4 is 43.5 Å². The van der Waals surface area contributed by atoms with E-state index in [2.05, 4.69) is 57.9 Å². The van der Waals surface area contributed by atoms with Crippen LogP contribution in [0.4, 0.5) is 5.69 Å². The average Bonchev–Trinajstić information content (AvgIpc) is 2.29. The molecule has 5 heteroatoms. The zero-order valence-electron chi connectivity index (χ0n) is 12.4. The van der Waals surface area contributed by atoms with Gasteiger partial charge in [0.25, 0.3) is 0 Å². The lowest BCUT2D eigenvalue weighted by Gasteiger charge is -2.24. The van der Waals surface area contributed by atoms with E-state index < -0.39 is 0 Å². The minimum absolute atomic E-state index is 0.0346. The van der Waals surface area contributed by atoms with Gasteiger partial charge in [-0.25, -0.2) is 0 Å². The van der Waals surface area contributed by atoms with Gasteiger partial charge in [-0.3, -0.25) is 4.79 Å². The molecule has 0 saturated heterocycles. The molecule has 3 N–H and O–H groups in total. The Balaban J connectivity index is 2.89. The molecule has 0 spiro atoms. The van der Waals surface area contributed by atoms with Crippen LogP contribution in [0.3, 0.4) is 0 Å². The van der Waals surface area contributed by atoms with Crippen molar-refractivity contribution in [2.24, 2.45) is 17.1 Å². The van der Waals surface area contributed by atoms with E-state index in [0.29, 0.717) is 6.54 Å². The Hall–Kier alpha value is -0.390. The van der Waals surface area contributed by atoms with E-state index in [0.717, 1.165) is 26.6 Å². The van der Waals surface area contributed by atoms with Crippen LogP contribution in [0.15, 0.2) is 21.1 Å². The molecule has 0 saturated carbocycles. The third-order valence-electron chi connectivity index (χ3n) is 2.95. The second kappa shape index (κ2) is 7.05. The maximum atomic E-state index is 12.4. The normalized spacial score (nSPS) is 13.2. The highest BCUT2D eigenvalue weighted by atomic mass is 79.9. The van der Waals surface area contributed by atoms with E-state index in [4.69, 9.17) is 5.73 Å². The van der Waals surface area contributed by atoms with Gasteiger partial charge in [0.1, 0.15) is 0 Å². The predicted molar refractivity (Wildman–Crippen MR) is 91.8 cm³/mol. The lowest BCUT2D eigenvalue weighted by atomic mass is 9.84. The van der Waals surface area contributed by atoms with Gasteiger partial charge in [0.15, 0.2) is 0 Å². The van der Waals surface area contributed by atoms with Crippen molar-refractivity contribution in [3.05, 3.63) is 26.6 Å². The molecule has 1 amide bonds. The lowest BCUT2D eigenvalue weighted by Crippen LogP contribution is -2.32. The van der Waals surface area contributed by atoms with Crippen molar-refractivity contribution in [1.29, 1.82) is 0 Å². The molecular weight excluding hydrogens is 384 g/mol. The van der Waals surface area contributed by atoms with Crippen LogP contribution in [0, 0.1) is 18.3 Å². The Morgan fingerprint density at radius 2 is 1.80 bits per heavy atom. The quantitative estimate of drug-likeness (QED) is 0.776. The molecular formula is C15H22Br2N2O. The first-order valence-corrected chi connectivity index (χ1v) is 8.19. The number of amides is 1. The van der Waals surface area contributed by atoms with Gasteiger partial charge in [-0.1, -0.05) is 20.8 Å². The topological polar surface area (TPSA) is 55.1 Å². The fraction of sp³-hybridized carbons (Fsp3) is 0.533. The van der Waals surface area contributed by atoms with Crippen LogP contribution < -0.4 is 11.1 Å². The smallest absolute Gasteiger partial charge is 0.228 e. The van der Waals surface area contributed by atoms with Crippen molar-refractivity contribution in [3.63, 3.8) is 0 Å². The van der Waals surface area contributed by atoms with Crippen molar-refractivity contribution < 1.29 is 4.79 Å². The first-order valence-electron chi connectivity index (χ1n) is 6.60. The molecule has 0 aliphatic rings. The van der Waals surface area contributed by atoms with Crippen molar-refractivity contribution in [2.45, 2.75) is 34.1 Å². The van der Waals surface area contributed by atoms with Crippen LogP contribution in [0.1, 0.15) is 32.8 Å². The van der Waals surface area contributed by atoms with Crippen molar-refractivity contribution in [1.82, 2.24) is 0 Å². The third-order valence-corrected chi connectivity index (χ3v) is 4.20. The fourth-order valence-corrected chi connectivity index (χ4v) is 3.68. The monoisotopic (exact) mass is 404 g/mol. The maximum Gasteiger partial charge on any atom is 0.228 e. The summed E-state index contributed by atoms with van der Waals surface area (Å²) in [5, 5.41) is 2.97. The summed E-state index contributed by atoms with van der Waals surface area (Å²) in [6, 6.07) is 3.95. The molecule has 1 rings (SSSR count). The number of benzene rings is 1. The van der Waals surface area contributed by atoms with Crippen molar-refractivity contribution in [2.75, 3.05) is 11.9 Å². The van der Waals surface area contributed by atoms with Gasteiger partial charge in [0, 0.05) is 15.5 Å². The van der Waals surface area contributed by atoms with Crippen LogP contribution in [-0.2, 0) is 4.79 Å². The number of carbonyl (C=O) groups is 1. The van der Waals surface area contributed by atoms with Crippen LogP contribution in [-0.4, -0.2) is 12.5 Å². The molecule has 3 nitrogen and oxygen atoms in total. The Morgan fingerprint density at radius 3 is 2.20 bits per heavy atom. The highest BCUT2D eigenvalue weighted by Crippen LogP contribution is 2.33. The van der Waals surface area contributed by atoms with E-state index in [-0.39, 0.29) is 17.2 Å². The summed E-state index contributed by atoms with van der Waals surface area (Å²) in [5.41, 5.74) is 7.70. The van der Waals surface area contributed by atoms with Crippen LogP contribution in [0.5, 0.6) is 0 Å². The Bertz CT molecular complexity index is 472. The first kappa shape index (κ1) is 17.7. The van der Waals surface area contributed by atoms with Crippen LogP contribution in [0.25, 0.3) is 0 Å². The molecule has 0 radical (unpaired) electrons. The Kier molecular flexibility index (Phi) is 6.23. The molecule has 1 atom stereocenters. The van der Waals surface area contributed by atoms with E-state index in [9.17, 15) is 4.79 Å². The Labute approximate surface area is 138 Å². The number of halogens is 2. The van der Waals surface area contributed by atoms with Gasteiger partial charge < -0.3 is 11.1 Å². The third kappa shape index (κ3) is 5.19. The van der Waals surface area contributed by atoms with Crippen LogP contribution >= 0.6 is 31.9 Å². The number of nitrogens with two attached hydrogens (primary N) is 1. The zero-order valence-corrected chi connectivity index (χ0v) is 15.6. The molecule has 0 aromatic heterocycles. The number of rotatable bonds is 4. The molecule has 1 aromatic rings. The highest BCUT2D eigenvalue weighted by Gasteiger charge is 2.24. The van der Waals surface area contributed by atoms with Crippen LogP contribution in [0.2, 0.25) is 0 Å². The first-order chi connectivity index (χ1) is 9.14. The van der Waals surface area contributed by atoms with Crippen molar-refractivity contribution in [3.8, 4) is 0 Å². The van der Waals surface area contributed by atoms with E-state index in [1.54, 1.807) is 0 Å². The molecule has 1 aromatic carbocycles. The van der Waals surface area contributed by atoms with E-state index in [1.807, 2.05) is 19.1 Å².